The third kappa shape index (κ3) is 12.2. The van der Waals surface area contributed by atoms with Crippen LogP contribution in [-0.2, 0) is 40.5 Å². The number of ether oxygens (including phenoxy) is 1. The van der Waals surface area contributed by atoms with Gasteiger partial charge in [-0.25, -0.2) is 0 Å². The zero-order valence-electron chi connectivity index (χ0n) is 41.1. The molecule has 77 heavy (non-hydrogen) atoms. The Bertz CT molecular complexity index is 4360. The van der Waals surface area contributed by atoms with Crippen LogP contribution in [-0.4, -0.2) is 64.1 Å². The molecule has 0 saturated carbocycles. The molecule has 0 amide bonds. The topological polar surface area (TPSA) is 358 Å². The van der Waals surface area contributed by atoms with Gasteiger partial charge in [0.05, 0.1) is 40.4 Å². The molecule has 8 aromatic rings. The third-order valence-corrected chi connectivity index (χ3v) is 15.3. The average Bonchev–Trinajstić information content (AvgIpc) is 3.35. The van der Waals surface area contributed by atoms with E-state index in [0.717, 1.165) is 17.8 Å². The lowest BCUT2D eigenvalue weighted by Gasteiger charge is -2.12. The van der Waals surface area contributed by atoms with Gasteiger partial charge in [-0.3, -0.25) is 18.2 Å². The maximum absolute atomic E-state index is 12.6. The highest BCUT2D eigenvalue weighted by Gasteiger charge is 2.26. The predicted octanol–water partition coefficient (Wildman–Crippen LogP) is 13.6. The van der Waals surface area contributed by atoms with Crippen molar-refractivity contribution in [3.63, 3.8) is 0 Å². The Kier molecular flexibility index (Phi) is 15.0. The molecule has 0 aromatic heterocycles. The molecule has 6 N–H and O–H groups in total. The number of hydrogen-bond acceptors (Lipinski definition) is 19. The second-order valence-corrected chi connectivity index (χ2v) is 22.9. The molecule has 0 aliphatic heterocycles. The first-order valence-electron chi connectivity index (χ1n) is 22.3. The van der Waals surface area contributed by atoms with E-state index in [2.05, 4.69) is 46.2 Å². The lowest BCUT2D eigenvalue weighted by molar-refractivity contribution is 0.416. The van der Waals surface area contributed by atoms with E-state index in [9.17, 15) is 57.0 Å². The summed E-state index contributed by atoms with van der Waals surface area (Å²) in [6.45, 7) is 8.67. The number of nitrogens with zero attached hydrogens (tertiary/aromatic N) is 8. The number of azo groups is 4. The Morgan fingerprint density at radius 1 is 0.403 bits per heavy atom. The number of hydrogen-bond donors (Lipinski definition) is 6. The summed E-state index contributed by atoms with van der Waals surface area (Å²) >= 11 is 0. The van der Waals surface area contributed by atoms with Crippen molar-refractivity contribution in [3.05, 3.63) is 143 Å². The van der Waals surface area contributed by atoms with Crippen LogP contribution in [0.25, 0.3) is 21.5 Å². The van der Waals surface area contributed by atoms with Gasteiger partial charge >= 0.3 is 0 Å². The molecule has 0 saturated heterocycles. The van der Waals surface area contributed by atoms with Gasteiger partial charge in [-0.1, -0.05) is 18.2 Å². The van der Waals surface area contributed by atoms with E-state index in [1.807, 2.05) is 30.3 Å². The quantitative estimate of drug-likeness (QED) is 0.0410. The number of methoxy groups -OCH3 is 1. The van der Waals surface area contributed by atoms with Crippen LogP contribution in [0.1, 0.15) is 27.8 Å². The van der Waals surface area contributed by atoms with Crippen LogP contribution in [0.3, 0.4) is 0 Å². The first kappa shape index (κ1) is 55.0. The van der Waals surface area contributed by atoms with E-state index in [4.69, 9.17) is 4.74 Å². The molecule has 0 spiro atoms. The predicted molar refractivity (Wildman–Crippen MR) is 285 cm³/mol. The van der Waals surface area contributed by atoms with Crippen LogP contribution >= 0.6 is 0 Å². The van der Waals surface area contributed by atoms with Gasteiger partial charge < -0.3 is 15.2 Å². The highest BCUT2D eigenvalue weighted by Crippen LogP contribution is 2.45. The number of para-hydroxylation sites is 1. The molecule has 27 heteroatoms. The maximum Gasteiger partial charge on any atom is 0.296 e. The highest BCUT2D eigenvalue weighted by atomic mass is 32.2. The van der Waals surface area contributed by atoms with E-state index >= 15 is 0 Å². The van der Waals surface area contributed by atoms with Crippen LogP contribution in [0.5, 0.6) is 11.5 Å². The van der Waals surface area contributed by atoms with E-state index in [1.165, 1.54) is 13.2 Å². The number of benzene rings is 8. The van der Waals surface area contributed by atoms with Crippen LogP contribution in [0.2, 0.25) is 0 Å². The molecule has 396 valence electrons. The molecule has 0 heterocycles. The monoisotopic (exact) mass is 1120 g/mol. The van der Waals surface area contributed by atoms with Crippen molar-refractivity contribution >= 4 is 119 Å². The molecule has 23 nitrogen and oxygen atoms in total. The number of rotatable bonds is 15. The lowest BCUT2D eigenvalue weighted by Crippen LogP contribution is -2.05. The summed E-state index contributed by atoms with van der Waals surface area (Å²) in [7, 11) is -18.8. The smallest absolute Gasteiger partial charge is 0.296 e. The number of aromatic hydroxyl groups is 1. The third-order valence-electron chi connectivity index (χ3n) is 11.8. The minimum absolute atomic E-state index is 0.149. The van der Waals surface area contributed by atoms with Crippen molar-refractivity contribution in [2.75, 3.05) is 12.4 Å². The Morgan fingerprint density at radius 2 is 0.844 bits per heavy atom. The summed E-state index contributed by atoms with van der Waals surface area (Å²) in [5.41, 5.74) is 5.44. The number of nitrogens with one attached hydrogen (secondary N) is 1. The Balaban J connectivity index is 1.02. The van der Waals surface area contributed by atoms with Gasteiger partial charge in [0, 0.05) is 28.2 Å². The zero-order valence-corrected chi connectivity index (χ0v) is 44.4. The number of phenols is 1. The summed E-state index contributed by atoms with van der Waals surface area (Å²) in [5, 5.41) is 48.5. The Hall–Kier alpha value is -8.28. The largest absolute Gasteiger partial charge is 0.505 e. The normalized spacial score (nSPS) is 12.8. The van der Waals surface area contributed by atoms with Crippen molar-refractivity contribution < 1.29 is 61.7 Å². The van der Waals surface area contributed by atoms with Crippen molar-refractivity contribution in [1.29, 1.82) is 0 Å². The van der Waals surface area contributed by atoms with Gasteiger partial charge in [0.2, 0.25) is 0 Å². The fourth-order valence-electron chi connectivity index (χ4n) is 7.82. The maximum atomic E-state index is 12.6. The second kappa shape index (κ2) is 21.0. The summed E-state index contributed by atoms with van der Waals surface area (Å²) in [6.07, 6.45) is 0. The first-order valence-corrected chi connectivity index (χ1v) is 28.1. The van der Waals surface area contributed by atoms with Gasteiger partial charge in [-0.15, -0.1) is 15.3 Å². The van der Waals surface area contributed by atoms with Crippen molar-refractivity contribution in [2.24, 2.45) is 40.9 Å². The molecule has 0 aliphatic rings. The number of anilines is 2. The highest BCUT2D eigenvalue weighted by molar-refractivity contribution is 7.87. The molecule has 0 fully saturated rings. The number of aryl methyl sites for hydroxylation is 5. The van der Waals surface area contributed by atoms with Crippen molar-refractivity contribution in [1.82, 2.24) is 0 Å². The summed E-state index contributed by atoms with van der Waals surface area (Å²) < 4.78 is 143. The molecule has 8 rings (SSSR count). The summed E-state index contributed by atoms with van der Waals surface area (Å²) in [4.78, 5) is -3.52. The first-order chi connectivity index (χ1) is 36.1. The number of phenolic OH excluding ortho intramolecular Hbond substituents is 1. The average molecular weight is 1120 g/mol. The Morgan fingerprint density at radius 3 is 1.32 bits per heavy atom. The van der Waals surface area contributed by atoms with Gasteiger partial charge in [-0.05, 0) is 164 Å². The van der Waals surface area contributed by atoms with Crippen LogP contribution in [0.4, 0.5) is 56.9 Å². The van der Waals surface area contributed by atoms with E-state index in [-0.39, 0.29) is 22.5 Å². The second-order valence-electron chi connectivity index (χ2n) is 17.3. The summed E-state index contributed by atoms with van der Waals surface area (Å²) in [5.74, 6) is -0.346. The molecule has 0 atom stereocenters. The molecule has 0 bridgehead atoms. The number of fused-ring (bicyclic) bond motifs is 2. The van der Waals surface area contributed by atoms with E-state index in [1.54, 1.807) is 89.2 Å². The van der Waals surface area contributed by atoms with Crippen molar-refractivity contribution in [2.45, 2.75) is 54.2 Å². The standard InChI is InChI=1S/C50H43N9O14S4/c1-26-15-40(54-56-42-25-45(73-6)43(18-30(42)5)57-59-49-48(77(70,71)72)22-31-19-34(12-13-36(31)50(49)60)51-33-10-8-7-9-11-33)27(2)14-38(26)52-53-39-16-29(4)41(17-28(39)3)55-58-44-24-37-32(21-47(44)76(67,68)69)20-35(74(61,62)63)23-46(37)75(64,65)66/h7-25,51,60H,1-6H3,(H,61,62,63)(H,64,65,66)(H,67,68,69)(H,70,71,72). The molecule has 0 radical (unpaired) electrons. The molecule has 0 aliphatic carbocycles. The minimum atomic E-state index is -5.15. The fraction of sp³-hybridized carbons (Fsp3) is 0.120. The summed E-state index contributed by atoms with van der Waals surface area (Å²) in [6, 6.07) is 28.0. The SMILES string of the molecule is COc1cc(N=Nc2cc(C)c(N=Nc3cc(C)c(N=Nc4cc5c(S(=O)(=O)O)cc(S(=O)(=O)O)cc5cc4S(=O)(=O)O)cc3C)cc2C)c(C)cc1N=Nc1c(S(=O)(=O)O)cc2cc(Nc3ccccc3)ccc2c1O. The lowest BCUT2D eigenvalue weighted by atomic mass is 10.1. The van der Waals surface area contributed by atoms with Crippen LogP contribution in [0, 0.1) is 34.6 Å². The van der Waals surface area contributed by atoms with Gasteiger partial charge in [0.1, 0.15) is 37.5 Å². The van der Waals surface area contributed by atoms with Gasteiger partial charge in [0.15, 0.2) is 5.75 Å². The molecule has 0 unspecified atom stereocenters. The zero-order chi connectivity index (χ0) is 55.9. The van der Waals surface area contributed by atoms with Crippen molar-refractivity contribution in [3.8, 4) is 11.5 Å². The Labute approximate surface area is 440 Å². The molecular weight excluding hydrogens is 1080 g/mol. The van der Waals surface area contributed by atoms with E-state index in [0.29, 0.717) is 73.8 Å². The van der Waals surface area contributed by atoms with Gasteiger partial charge in [-0.2, -0.15) is 59.2 Å². The van der Waals surface area contributed by atoms with E-state index < -0.39 is 88.0 Å². The van der Waals surface area contributed by atoms with Crippen LogP contribution < -0.4 is 10.1 Å². The van der Waals surface area contributed by atoms with Crippen LogP contribution in [0.15, 0.2) is 176 Å². The minimum Gasteiger partial charge on any atom is -0.505 e. The molecule has 8 aromatic carbocycles. The molecular formula is C50H43N9O14S4. The fourth-order valence-corrected chi connectivity index (χ4v) is 10.5. The van der Waals surface area contributed by atoms with Gasteiger partial charge in [0.25, 0.3) is 40.5 Å².